The van der Waals surface area contributed by atoms with Gasteiger partial charge in [-0.25, -0.2) is 0 Å². The summed E-state index contributed by atoms with van der Waals surface area (Å²) in [5.74, 6) is 2.51. The molecule has 0 aliphatic heterocycles. The van der Waals surface area contributed by atoms with Crippen molar-refractivity contribution in [1.29, 1.82) is 0 Å². The van der Waals surface area contributed by atoms with Crippen LogP contribution < -0.4 is 0 Å². The van der Waals surface area contributed by atoms with Crippen molar-refractivity contribution in [3.05, 3.63) is 0 Å². The van der Waals surface area contributed by atoms with Gasteiger partial charge < -0.3 is 5.11 Å². The zero-order valence-corrected chi connectivity index (χ0v) is 4.65. The number of terminal acetylenes is 1. The Morgan fingerprint density at radius 1 is 1.86 bits per heavy atom. The van der Waals surface area contributed by atoms with E-state index in [0.717, 1.165) is 0 Å². The van der Waals surface area contributed by atoms with Crippen molar-refractivity contribution in [3.8, 4) is 12.3 Å². The highest BCUT2D eigenvalue weighted by atomic mass is 35.5. The first kappa shape index (κ1) is 6.81. The Labute approximate surface area is 48.3 Å². The number of aliphatic hydroxyl groups excluding tert-OH is 1. The van der Waals surface area contributed by atoms with E-state index in [4.69, 9.17) is 23.1 Å². The molecule has 0 spiro atoms. The van der Waals surface area contributed by atoms with Gasteiger partial charge in [0, 0.05) is 12.3 Å². The maximum absolute atomic E-state index is 8.58. The third-order valence-electron chi connectivity index (χ3n) is 0.532. The lowest BCUT2D eigenvalue weighted by atomic mass is 10.3. The minimum absolute atomic E-state index is 0.226. The van der Waals surface area contributed by atoms with Crippen LogP contribution in [0.3, 0.4) is 0 Å². The van der Waals surface area contributed by atoms with E-state index in [1.807, 2.05) is 0 Å². The van der Waals surface area contributed by atoms with E-state index < -0.39 is 6.10 Å². The molecule has 0 aliphatic rings. The van der Waals surface area contributed by atoms with Crippen molar-refractivity contribution < 1.29 is 5.11 Å². The topological polar surface area (TPSA) is 20.2 Å². The van der Waals surface area contributed by atoms with Crippen LogP contribution in [-0.4, -0.2) is 17.1 Å². The fourth-order valence-electron chi connectivity index (χ4n) is 0.191. The van der Waals surface area contributed by atoms with E-state index >= 15 is 0 Å². The van der Waals surface area contributed by atoms with Gasteiger partial charge in [-0.1, -0.05) is 0 Å². The van der Waals surface area contributed by atoms with Crippen molar-refractivity contribution in [2.45, 2.75) is 12.5 Å². The highest BCUT2D eigenvalue weighted by Crippen LogP contribution is 1.90. The van der Waals surface area contributed by atoms with E-state index in [-0.39, 0.29) is 5.88 Å². The number of rotatable bonds is 2. The second kappa shape index (κ2) is 3.98. The molecule has 0 radical (unpaired) electrons. The number of alkyl halides is 1. The minimum atomic E-state index is -0.522. The van der Waals surface area contributed by atoms with Crippen LogP contribution in [0.15, 0.2) is 0 Å². The molecule has 40 valence electrons. The standard InChI is InChI=1S/C5H7ClO/c1-2-3-5(7)4-6/h1,5,7H,3-4H2. The lowest BCUT2D eigenvalue weighted by Crippen LogP contribution is -2.05. The van der Waals surface area contributed by atoms with Crippen LogP contribution in [0.4, 0.5) is 0 Å². The molecule has 0 aromatic carbocycles. The molecule has 1 nitrogen and oxygen atoms in total. The van der Waals surface area contributed by atoms with Crippen molar-refractivity contribution in [3.63, 3.8) is 0 Å². The third kappa shape index (κ3) is 3.65. The van der Waals surface area contributed by atoms with Gasteiger partial charge >= 0.3 is 0 Å². The molecule has 2 heteroatoms. The summed E-state index contributed by atoms with van der Waals surface area (Å²) in [6.07, 6.45) is 4.67. The SMILES string of the molecule is C#CCC(O)CCl. The van der Waals surface area contributed by atoms with Crippen molar-refractivity contribution in [2.75, 3.05) is 5.88 Å². The molecule has 0 heterocycles. The van der Waals surface area contributed by atoms with Gasteiger partial charge in [-0.15, -0.1) is 23.9 Å². The lowest BCUT2D eigenvalue weighted by Gasteiger charge is -1.96. The van der Waals surface area contributed by atoms with Crippen LogP contribution in [0.25, 0.3) is 0 Å². The second-order valence-electron chi connectivity index (χ2n) is 1.22. The summed E-state index contributed by atoms with van der Waals surface area (Å²) in [7, 11) is 0. The number of halogens is 1. The Hall–Kier alpha value is -0.190. The van der Waals surface area contributed by atoms with Crippen molar-refractivity contribution in [1.82, 2.24) is 0 Å². The van der Waals surface area contributed by atoms with Crippen LogP contribution in [0, 0.1) is 12.3 Å². The zero-order chi connectivity index (χ0) is 5.70. The molecular formula is C5H7ClO. The normalized spacial score (nSPS) is 12.7. The first-order valence-electron chi connectivity index (χ1n) is 1.98. The fourth-order valence-corrected chi connectivity index (χ4v) is 0.300. The summed E-state index contributed by atoms with van der Waals surface area (Å²) in [6, 6.07) is 0. The fraction of sp³-hybridized carbons (Fsp3) is 0.600. The monoisotopic (exact) mass is 118 g/mol. The van der Waals surface area contributed by atoms with E-state index in [1.54, 1.807) is 0 Å². The van der Waals surface area contributed by atoms with E-state index in [9.17, 15) is 0 Å². The lowest BCUT2D eigenvalue weighted by molar-refractivity contribution is 0.204. The maximum Gasteiger partial charge on any atom is 0.0784 e. The van der Waals surface area contributed by atoms with Crippen LogP contribution >= 0.6 is 11.6 Å². The summed E-state index contributed by atoms with van der Waals surface area (Å²) in [6.45, 7) is 0. The first-order chi connectivity index (χ1) is 3.31. The van der Waals surface area contributed by atoms with Gasteiger partial charge in [0.2, 0.25) is 0 Å². The summed E-state index contributed by atoms with van der Waals surface area (Å²) >= 11 is 5.19. The predicted molar refractivity (Wildman–Crippen MR) is 30.2 cm³/mol. The average molecular weight is 119 g/mol. The molecule has 1 atom stereocenters. The van der Waals surface area contributed by atoms with Gasteiger partial charge in [-0.2, -0.15) is 0 Å². The van der Waals surface area contributed by atoms with Gasteiger partial charge in [0.05, 0.1) is 6.10 Å². The average Bonchev–Trinajstić information content (AvgIpc) is 1.68. The van der Waals surface area contributed by atoms with Gasteiger partial charge in [0.1, 0.15) is 0 Å². The molecule has 0 amide bonds. The molecule has 0 fully saturated rings. The molecule has 0 saturated carbocycles. The van der Waals surface area contributed by atoms with Gasteiger partial charge in [0.25, 0.3) is 0 Å². The molecule has 1 N–H and O–H groups in total. The molecule has 0 rings (SSSR count). The molecular weight excluding hydrogens is 112 g/mol. The summed E-state index contributed by atoms with van der Waals surface area (Å²) < 4.78 is 0. The number of hydrogen-bond donors (Lipinski definition) is 1. The van der Waals surface area contributed by atoms with Gasteiger partial charge in [0.15, 0.2) is 0 Å². The Bertz CT molecular complexity index is 74.6. The summed E-state index contributed by atoms with van der Waals surface area (Å²) in [4.78, 5) is 0. The second-order valence-corrected chi connectivity index (χ2v) is 1.52. The Morgan fingerprint density at radius 2 is 2.43 bits per heavy atom. The molecule has 1 unspecified atom stereocenters. The third-order valence-corrected chi connectivity index (χ3v) is 0.888. The van der Waals surface area contributed by atoms with Crippen molar-refractivity contribution >= 4 is 11.6 Å². The maximum atomic E-state index is 8.58. The largest absolute Gasteiger partial charge is 0.391 e. The molecule has 0 saturated heterocycles. The predicted octanol–water partition coefficient (Wildman–Crippen LogP) is 0.609. The molecule has 0 aromatic heterocycles. The number of aliphatic hydroxyl groups is 1. The quantitative estimate of drug-likeness (QED) is 0.416. The van der Waals surface area contributed by atoms with Crippen LogP contribution in [0.2, 0.25) is 0 Å². The Balaban J connectivity index is 3.03. The number of hydrogen-bond acceptors (Lipinski definition) is 1. The highest BCUT2D eigenvalue weighted by molar-refractivity contribution is 6.18. The molecule has 7 heavy (non-hydrogen) atoms. The van der Waals surface area contributed by atoms with Crippen LogP contribution in [0.1, 0.15) is 6.42 Å². The Kier molecular flexibility index (Phi) is 3.87. The molecule has 0 bridgehead atoms. The molecule has 0 aromatic rings. The van der Waals surface area contributed by atoms with E-state index in [2.05, 4.69) is 5.92 Å². The summed E-state index contributed by atoms with van der Waals surface area (Å²) in [5, 5.41) is 8.58. The van der Waals surface area contributed by atoms with Crippen LogP contribution in [-0.2, 0) is 0 Å². The van der Waals surface area contributed by atoms with Crippen LogP contribution in [0.5, 0.6) is 0 Å². The smallest absolute Gasteiger partial charge is 0.0784 e. The summed E-state index contributed by atoms with van der Waals surface area (Å²) in [5.41, 5.74) is 0. The minimum Gasteiger partial charge on any atom is -0.391 e. The van der Waals surface area contributed by atoms with E-state index in [1.165, 1.54) is 0 Å². The van der Waals surface area contributed by atoms with E-state index in [0.29, 0.717) is 6.42 Å². The molecule has 0 aliphatic carbocycles. The van der Waals surface area contributed by atoms with Gasteiger partial charge in [-0.05, 0) is 0 Å². The zero-order valence-electron chi connectivity index (χ0n) is 3.89. The van der Waals surface area contributed by atoms with Crippen molar-refractivity contribution in [2.24, 2.45) is 0 Å². The Morgan fingerprint density at radius 3 is 2.57 bits per heavy atom. The first-order valence-corrected chi connectivity index (χ1v) is 2.52. The van der Waals surface area contributed by atoms with Gasteiger partial charge in [-0.3, -0.25) is 0 Å². The highest BCUT2D eigenvalue weighted by Gasteiger charge is 1.95.